The zero-order valence-corrected chi connectivity index (χ0v) is 14.6. The Balaban J connectivity index is 1.90. The molecule has 3 aromatic rings. The summed E-state index contributed by atoms with van der Waals surface area (Å²) in [5, 5.41) is 2.01. The fraction of sp³-hybridized carbons (Fsp3) is 0.150. The van der Waals surface area contributed by atoms with E-state index in [1.165, 1.54) is 11.3 Å². The Kier molecular flexibility index (Phi) is 4.67. The highest BCUT2D eigenvalue weighted by Crippen LogP contribution is 2.30. The van der Waals surface area contributed by atoms with Gasteiger partial charge in [0, 0.05) is 5.56 Å². The lowest BCUT2D eigenvalue weighted by Gasteiger charge is -2.06. The Hall–Kier alpha value is -2.59. The Morgan fingerprint density at radius 3 is 2.50 bits per heavy atom. The first-order valence-electron chi connectivity index (χ1n) is 7.54. The van der Waals surface area contributed by atoms with Gasteiger partial charge in [-0.2, -0.15) is 0 Å². The van der Waals surface area contributed by atoms with E-state index in [1.54, 1.807) is 20.3 Å². The van der Waals surface area contributed by atoms with Gasteiger partial charge in [-0.05, 0) is 59.3 Å². The zero-order valence-electron chi connectivity index (χ0n) is 13.8. The molecule has 0 radical (unpaired) electrons. The number of benzene rings is 2. The van der Waals surface area contributed by atoms with Gasteiger partial charge in [0.25, 0.3) is 0 Å². The Morgan fingerprint density at radius 1 is 0.958 bits per heavy atom. The van der Waals surface area contributed by atoms with Gasteiger partial charge in [0.15, 0.2) is 0 Å². The Morgan fingerprint density at radius 2 is 1.79 bits per heavy atom. The third-order valence-corrected chi connectivity index (χ3v) is 4.81. The van der Waals surface area contributed by atoms with Gasteiger partial charge in [-0.1, -0.05) is 18.2 Å². The molecule has 0 bridgehead atoms. The molecular formula is C20H18O3S. The van der Waals surface area contributed by atoms with Crippen LogP contribution in [0.3, 0.4) is 0 Å². The minimum atomic E-state index is 0.00961. The number of hydrogen-bond donors (Lipinski definition) is 0. The van der Waals surface area contributed by atoms with Crippen LogP contribution in [0.1, 0.15) is 20.8 Å². The van der Waals surface area contributed by atoms with Crippen molar-refractivity contribution in [3.05, 3.63) is 69.9 Å². The van der Waals surface area contributed by atoms with Crippen molar-refractivity contribution >= 4 is 17.1 Å². The summed E-state index contributed by atoms with van der Waals surface area (Å²) >= 11 is 1.45. The highest BCUT2D eigenvalue weighted by molar-refractivity contribution is 7.12. The minimum absolute atomic E-state index is 0.00961. The summed E-state index contributed by atoms with van der Waals surface area (Å²) in [6.45, 7) is 2.01. The van der Waals surface area contributed by atoms with E-state index in [4.69, 9.17) is 9.47 Å². The molecule has 1 heterocycles. The van der Waals surface area contributed by atoms with E-state index in [9.17, 15) is 4.79 Å². The first kappa shape index (κ1) is 16.3. The standard InChI is InChI=1S/C20H18O3S/c1-13-9-14(7-8-18(13)23-3)16-11-19(24-12-16)20(21)15-5-4-6-17(10-15)22-2/h4-12H,1-3H3. The summed E-state index contributed by atoms with van der Waals surface area (Å²) in [4.78, 5) is 13.4. The van der Waals surface area contributed by atoms with Gasteiger partial charge in [-0.25, -0.2) is 0 Å². The largest absolute Gasteiger partial charge is 0.497 e. The van der Waals surface area contributed by atoms with E-state index in [1.807, 2.05) is 48.7 Å². The van der Waals surface area contributed by atoms with Gasteiger partial charge < -0.3 is 9.47 Å². The van der Waals surface area contributed by atoms with Crippen LogP contribution in [0, 0.1) is 6.92 Å². The van der Waals surface area contributed by atoms with Crippen molar-refractivity contribution in [3.63, 3.8) is 0 Å². The molecule has 0 aliphatic heterocycles. The summed E-state index contributed by atoms with van der Waals surface area (Å²) in [5.74, 6) is 1.56. The van der Waals surface area contributed by atoms with Gasteiger partial charge in [0.2, 0.25) is 5.78 Å². The average Bonchev–Trinajstić information content (AvgIpc) is 3.11. The van der Waals surface area contributed by atoms with Crippen LogP contribution in [0.15, 0.2) is 53.9 Å². The molecule has 2 aromatic carbocycles. The zero-order chi connectivity index (χ0) is 17.1. The van der Waals surface area contributed by atoms with Crippen LogP contribution in [0.5, 0.6) is 11.5 Å². The third kappa shape index (κ3) is 3.19. The van der Waals surface area contributed by atoms with Crippen LogP contribution in [0.25, 0.3) is 11.1 Å². The second kappa shape index (κ2) is 6.89. The molecule has 122 valence electrons. The molecule has 0 unspecified atom stereocenters. The number of ketones is 1. The molecule has 0 atom stereocenters. The number of hydrogen-bond acceptors (Lipinski definition) is 4. The number of carbonyl (C=O) groups excluding carboxylic acids is 1. The maximum Gasteiger partial charge on any atom is 0.203 e. The fourth-order valence-corrected chi connectivity index (χ4v) is 3.45. The SMILES string of the molecule is COc1cccc(C(=O)c2cc(-c3ccc(OC)c(C)c3)cs2)c1. The average molecular weight is 338 g/mol. The predicted octanol–water partition coefficient (Wildman–Crippen LogP) is 4.97. The molecule has 0 fully saturated rings. The molecule has 4 heteroatoms. The van der Waals surface area contributed by atoms with Crippen molar-refractivity contribution in [1.29, 1.82) is 0 Å². The second-order valence-electron chi connectivity index (χ2n) is 5.45. The van der Waals surface area contributed by atoms with Crippen molar-refractivity contribution < 1.29 is 14.3 Å². The topological polar surface area (TPSA) is 35.5 Å². The summed E-state index contributed by atoms with van der Waals surface area (Å²) in [5.41, 5.74) is 3.82. The van der Waals surface area contributed by atoms with Crippen molar-refractivity contribution in [1.82, 2.24) is 0 Å². The van der Waals surface area contributed by atoms with E-state index in [0.29, 0.717) is 16.2 Å². The van der Waals surface area contributed by atoms with E-state index >= 15 is 0 Å². The number of rotatable bonds is 5. The van der Waals surface area contributed by atoms with Crippen molar-refractivity contribution in [2.45, 2.75) is 6.92 Å². The predicted molar refractivity (Wildman–Crippen MR) is 97.5 cm³/mol. The third-order valence-electron chi connectivity index (χ3n) is 3.88. The smallest absolute Gasteiger partial charge is 0.203 e. The molecule has 0 saturated carbocycles. The summed E-state index contributed by atoms with van der Waals surface area (Å²) in [6, 6.07) is 15.2. The van der Waals surface area contributed by atoms with Crippen LogP contribution < -0.4 is 9.47 Å². The molecule has 0 aliphatic carbocycles. The highest BCUT2D eigenvalue weighted by Gasteiger charge is 2.14. The summed E-state index contributed by atoms with van der Waals surface area (Å²) in [7, 11) is 3.26. The number of thiophene rings is 1. The summed E-state index contributed by atoms with van der Waals surface area (Å²) < 4.78 is 10.5. The van der Waals surface area contributed by atoms with E-state index in [2.05, 4.69) is 6.07 Å². The summed E-state index contributed by atoms with van der Waals surface area (Å²) in [6.07, 6.45) is 0. The van der Waals surface area contributed by atoms with E-state index < -0.39 is 0 Å². The quantitative estimate of drug-likeness (QED) is 0.616. The molecule has 1 aromatic heterocycles. The molecule has 3 rings (SSSR count). The maximum absolute atomic E-state index is 12.7. The molecule has 3 nitrogen and oxygen atoms in total. The van der Waals surface area contributed by atoms with E-state index in [-0.39, 0.29) is 5.78 Å². The van der Waals surface area contributed by atoms with Gasteiger partial charge in [0.05, 0.1) is 19.1 Å². The fourth-order valence-electron chi connectivity index (χ4n) is 2.57. The van der Waals surface area contributed by atoms with Crippen LogP contribution in [-0.4, -0.2) is 20.0 Å². The first-order valence-corrected chi connectivity index (χ1v) is 8.42. The molecule has 0 spiro atoms. The monoisotopic (exact) mass is 338 g/mol. The lowest BCUT2D eigenvalue weighted by molar-refractivity contribution is 0.104. The molecule has 0 saturated heterocycles. The molecule has 0 N–H and O–H groups in total. The lowest BCUT2D eigenvalue weighted by atomic mass is 10.0. The van der Waals surface area contributed by atoms with E-state index in [0.717, 1.165) is 22.4 Å². The Labute approximate surface area is 145 Å². The number of aryl methyl sites for hydroxylation is 1. The number of carbonyl (C=O) groups is 1. The van der Waals surface area contributed by atoms with Crippen molar-refractivity contribution in [2.75, 3.05) is 14.2 Å². The first-order chi connectivity index (χ1) is 11.6. The van der Waals surface area contributed by atoms with Gasteiger partial charge in [-0.3, -0.25) is 4.79 Å². The van der Waals surface area contributed by atoms with Crippen LogP contribution in [0.4, 0.5) is 0 Å². The van der Waals surface area contributed by atoms with Crippen LogP contribution in [0.2, 0.25) is 0 Å². The van der Waals surface area contributed by atoms with Gasteiger partial charge in [-0.15, -0.1) is 11.3 Å². The minimum Gasteiger partial charge on any atom is -0.497 e. The Bertz CT molecular complexity index is 880. The van der Waals surface area contributed by atoms with Crippen LogP contribution >= 0.6 is 11.3 Å². The van der Waals surface area contributed by atoms with Crippen molar-refractivity contribution in [2.24, 2.45) is 0 Å². The molecule has 0 amide bonds. The van der Waals surface area contributed by atoms with Crippen molar-refractivity contribution in [3.8, 4) is 22.6 Å². The normalized spacial score (nSPS) is 10.5. The van der Waals surface area contributed by atoms with Gasteiger partial charge in [0.1, 0.15) is 11.5 Å². The second-order valence-corrected chi connectivity index (χ2v) is 6.36. The molecule has 24 heavy (non-hydrogen) atoms. The van der Waals surface area contributed by atoms with Crippen LogP contribution in [-0.2, 0) is 0 Å². The maximum atomic E-state index is 12.7. The lowest BCUT2D eigenvalue weighted by Crippen LogP contribution is -1.98. The van der Waals surface area contributed by atoms with Gasteiger partial charge >= 0.3 is 0 Å². The number of methoxy groups -OCH3 is 2. The number of ether oxygens (including phenoxy) is 2. The molecular weight excluding hydrogens is 320 g/mol. The molecule has 0 aliphatic rings. The highest BCUT2D eigenvalue weighted by atomic mass is 32.1.